The van der Waals surface area contributed by atoms with Crippen LogP contribution in [-0.2, 0) is 5.41 Å². The number of hydrogen-bond donors (Lipinski definition) is 1. The summed E-state index contributed by atoms with van der Waals surface area (Å²) < 4.78 is 6.68. The van der Waals surface area contributed by atoms with Crippen molar-refractivity contribution in [3.05, 3.63) is 233 Å². The summed E-state index contributed by atoms with van der Waals surface area (Å²) in [7, 11) is 0. The molecule has 0 fully saturated rings. The van der Waals surface area contributed by atoms with Crippen LogP contribution in [0.5, 0.6) is 11.5 Å². The molecular weight excluding hydrogens is 695 g/mol. The third kappa shape index (κ3) is 6.18. The van der Waals surface area contributed by atoms with E-state index < -0.39 is 5.41 Å². The zero-order valence-electron chi connectivity index (χ0n) is 32.0. The number of benzene rings is 6. The van der Waals surface area contributed by atoms with Gasteiger partial charge < -0.3 is 10.1 Å². The average Bonchev–Trinajstić information content (AvgIpc) is 3.29. The van der Waals surface area contributed by atoms with Crippen molar-refractivity contribution in [1.29, 1.82) is 0 Å². The normalized spacial score (nSPS) is 19.5. The number of aliphatic imine (C=N–C) groups is 2. The number of hydrogen-bond acceptors (Lipinski definition) is 4. The minimum Gasteiger partial charge on any atom is -0.457 e. The molecule has 57 heavy (non-hydrogen) atoms. The fourth-order valence-electron chi connectivity index (χ4n) is 9.15. The van der Waals surface area contributed by atoms with Crippen molar-refractivity contribution < 1.29 is 4.74 Å². The Morgan fingerprint density at radius 3 is 1.77 bits per heavy atom. The lowest BCUT2D eigenvalue weighted by Gasteiger charge is -2.45. The maximum atomic E-state index is 6.68. The van der Waals surface area contributed by atoms with E-state index in [1.54, 1.807) is 0 Å². The maximum absolute atomic E-state index is 6.68. The quantitative estimate of drug-likeness (QED) is 0.177. The van der Waals surface area contributed by atoms with Crippen molar-refractivity contribution in [2.45, 2.75) is 37.8 Å². The fourth-order valence-corrected chi connectivity index (χ4v) is 9.15. The standard InChI is InChI=1S/C53H43N3O/c1-36-16-15-25-46(53(43-21-9-4-10-22-43)44-23-11-13-26-47(44)57-48-27-14-12-24-45(48)53)49(36)52-55-50(41-32-28-39(29-33-41)37-17-5-2-6-18-37)54-51(56-52)42-34-30-40(31-35-42)38-19-7-3-8-20-38/h2-15,17-30,32-34,36,52H,16,31,35H2,1H3,(H,54,55,56). The molecule has 0 saturated heterocycles. The predicted octanol–water partition coefficient (Wildman–Crippen LogP) is 12.3. The summed E-state index contributed by atoms with van der Waals surface area (Å²) in [4.78, 5) is 10.9. The molecule has 2 heterocycles. The van der Waals surface area contributed by atoms with Gasteiger partial charge in [-0.15, -0.1) is 0 Å². The molecule has 1 N–H and O–H groups in total. The number of fused-ring (bicyclic) bond motifs is 2. The Bertz CT molecular complexity index is 2600. The Morgan fingerprint density at radius 2 is 1.12 bits per heavy atom. The van der Waals surface area contributed by atoms with Crippen LogP contribution in [0.3, 0.4) is 0 Å². The topological polar surface area (TPSA) is 46.0 Å². The van der Waals surface area contributed by atoms with Gasteiger partial charge in [0.2, 0.25) is 0 Å². The minimum atomic E-state index is -0.659. The number of allylic oxidation sites excluding steroid dienone is 6. The van der Waals surface area contributed by atoms with Gasteiger partial charge in [-0.25, -0.2) is 9.98 Å². The summed E-state index contributed by atoms with van der Waals surface area (Å²) in [5, 5.41) is 3.94. The van der Waals surface area contributed by atoms with E-state index >= 15 is 0 Å². The van der Waals surface area contributed by atoms with E-state index in [2.05, 4.69) is 200 Å². The highest BCUT2D eigenvalue weighted by atomic mass is 16.5. The molecular formula is C53H43N3O. The first-order valence-corrected chi connectivity index (χ1v) is 20.0. The summed E-state index contributed by atoms with van der Waals surface area (Å²) in [6.45, 7) is 2.35. The van der Waals surface area contributed by atoms with Crippen LogP contribution in [0.15, 0.2) is 215 Å². The summed E-state index contributed by atoms with van der Waals surface area (Å²) in [5.41, 5.74) is 12.4. The van der Waals surface area contributed by atoms with Crippen LogP contribution in [0, 0.1) is 5.92 Å². The zero-order valence-corrected chi connectivity index (χ0v) is 32.0. The van der Waals surface area contributed by atoms with Gasteiger partial charge in [-0.2, -0.15) is 0 Å². The largest absolute Gasteiger partial charge is 0.457 e. The van der Waals surface area contributed by atoms with Crippen LogP contribution in [0.4, 0.5) is 0 Å². The first kappa shape index (κ1) is 34.7. The first-order chi connectivity index (χ1) is 28.2. The third-order valence-electron chi connectivity index (χ3n) is 11.9. The summed E-state index contributed by atoms with van der Waals surface area (Å²) >= 11 is 0. The van der Waals surface area contributed by atoms with E-state index in [0.29, 0.717) is 0 Å². The number of nitrogens with one attached hydrogen (secondary N) is 1. The van der Waals surface area contributed by atoms with Gasteiger partial charge in [0.05, 0.1) is 5.41 Å². The number of ether oxygens (including phenoxy) is 1. The van der Waals surface area contributed by atoms with Crippen molar-refractivity contribution in [3.63, 3.8) is 0 Å². The van der Waals surface area contributed by atoms with Gasteiger partial charge in [0.1, 0.15) is 23.5 Å². The van der Waals surface area contributed by atoms with Crippen LogP contribution in [-0.4, -0.2) is 17.8 Å². The van der Waals surface area contributed by atoms with Gasteiger partial charge in [-0.3, -0.25) is 0 Å². The van der Waals surface area contributed by atoms with Gasteiger partial charge >= 0.3 is 0 Å². The number of nitrogens with zero attached hydrogens (tertiary/aromatic N) is 2. The Labute approximate surface area is 335 Å². The molecule has 0 radical (unpaired) electrons. The smallest absolute Gasteiger partial charge is 0.159 e. The molecule has 6 aromatic rings. The lowest BCUT2D eigenvalue weighted by Crippen LogP contribution is -2.45. The van der Waals surface area contributed by atoms with E-state index in [4.69, 9.17) is 14.7 Å². The molecule has 4 heteroatoms. The first-order valence-electron chi connectivity index (χ1n) is 20.0. The zero-order chi connectivity index (χ0) is 38.2. The summed E-state index contributed by atoms with van der Waals surface area (Å²) in [5.74, 6) is 3.56. The van der Waals surface area contributed by atoms with Gasteiger partial charge in [-0.1, -0.05) is 183 Å². The Morgan fingerprint density at radius 1 is 0.579 bits per heavy atom. The fraction of sp³-hybridized carbons (Fsp3) is 0.132. The predicted molar refractivity (Wildman–Crippen MR) is 234 cm³/mol. The van der Waals surface area contributed by atoms with Crippen LogP contribution in [0.25, 0.3) is 16.7 Å². The summed E-state index contributed by atoms with van der Waals surface area (Å²) in [6, 6.07) is 58.0. The molecule has 0 aromatic heterocycles. The van der Waals surface area contributed by atoms with Crippen LogP contribution in [0.1, 0.15) is 54.0 Å². The lowest BCUT2D eigenvalue weighted by molar-refractivity contribution is 0.430. The number of para-hydroxylation sites is 2. The number of rotatable bonds is 7. The second-order valence-electron chi connectivity index (χ2n) is 15.3. The van der Waals surface area contributed by atoms with Gasteiger partial charge in [-0.05, 0) is 81.9 Å². The number of amidine groups is 2. The molecule has 4 aliphatic rings. The monoisotopic (exact) mass is 737 g/mol. The van der Waals surface area contributed by atoms with E-state index in [0.717, 1.165) is 59.1 Å². The van der Waals surface area contributed by atoms with Gasteiger partial charge in [0.15, 0.2) is 5.84 Å². The van der Waals surface area contributed by atoms with Crippen LogP contribution in [0.2, 0.25) is 0 Å². The second-order valence-corrected chi connectivity index (χ2v) is 15.3. The van der Waals surface area contributed by atoms with E-state index in [1.807, 2.05) is 0 Å². The summed E-state index contributed by atoms with van der Waals surface area (Å²) in [6.07, 6.45) is 11.6. The molecule has 2 unspecified atom stereocenters. The molecule has 2 aliphatic carbocycles. The molecule has 0 saturated carbocycles. The SMILES string of the molecule is CC1CC=CC(C2(c3ccccc3)c3ccccc3Oc3ccccc32)=C1C1N=C(c2ccc(-c3ccccc3)cc2)N=C(C2=CC=C(c3ccccc3)CC2)N1. The highest BCUT2D eigenvalue weighted by molar-refractivity contribution is 6.13. The van der Waals surface area contributed by atoms with E-state index in [-0.39, 0.29) is 12.1 Å². The second kappa shape index (κ2) is 14.7. The van der Waals surface area contributed by atoms with E-state index in [1.165, 1.54) is 44.5 Å². The van der Waals surface area contributed by atoms with Crippen LogP contribution >= 0.6 is 0 Å². The Balaban J connectivity index is 1.17. The molecule has 0 bridgehead atoms. The van der Waals surface area contributed by atoms with Crippen molar-refractivity contribution in [2.75, 3.05) is 0 Å². The van der Waals surface area contributed by atoms with Crippen molar-refractivity contribution >= 4 is 17.2 Å². The van der Waals surface area contributed by atoms with E-state index in [9.17, 15) is 0 Å². The Kier molecular flexibility index (Phi) is 8.95. The molecule has 4 nitrogen and oxygen atoms in total. The average molecular weight is 738 g/mol. The highest BCUT2D eigenvalue weighted by Crippen LogP contribution is 2.57. The van der Waals surface area contributed by atoms with Gasteiger partial charge in [0.25, 0.3) is 0 Å². The van der Waals surface area contributed by atoms with Gasteiger partial charge in [0, 0.05) is 16.7 Å². The maximum Gasteiger partial charge on any atom is 0.159 e. The lowest BCUT2D eigenvalue weighted by atomic mass is 9.60. The molecule has 6 aromatic carbocycles. The van der Waals surface area contributed by atoms with Crippen molar-refractivity contribution in [1.82, 2.24) is 5.32 Å². The minimum absolute atomic E-state index is 0.194. The molecule has 276 valence electrons. The third-order valence-corrected chi connectivity index (χ3v) is 11.9. The van der Waals surface area contributed by atoms with Crippen LogP contribution < -0.4 is 10.1 Å². The van der Waals surface area contributed by atoms with Crippen molar-refractivity contribution in [2.24, 2.45) is 15.9 Å². The molecule has 2 atom stereocenters. The highest BCUT2D eigenvalue weighted by Gasteiger charge is 2.48. The molecule has 2 aliphatic heterocycles. The Hall–Kier alpha value is -6.78. The molecule has 0 amide bonds. The van der Waals surface area contributed by atoms with Crippen molar-refractivity contribution in [3.8, 4) is 22.6 Å². The molecule has 0 spiro atoms. The molecule has 10 rings (SSSR count).